The number of aliphatic carboxylic acids is 1. The largest absolute Gasteiger partial charge is 0.481 e. The van der Waals surface area contributed by atoms with Crippen LogP contribution >= 0.6 is 0 Å². The minimum atomic E-state index is -0.926. The lowest BCUT2D eigenvalue weighted by Crippen LogP contribution is -2.59. The second-order valence-corrected chi connectivity index (χ2v) is 7.34. The molecular formula is C22H26N2O4. The second kappa shape index (κ2) is 9.37. The fourth-order valence-electron chi connectivity index (χ4n) is 3.76. The molecule has 0 bridgehead atoms. The first kappa shape index (κ1) is 19.9. The van der Waals surface area contributed by atoms with E-state index >= 15 is 0 Å². The number of amides is 1. The molecule has 148 valence electrons. The van der Waals surface area contributed by atoms with Gasteiger partial charge >= 0.3 is 12.1 Å². The number of carbonyl (C=O) groups excluding carboxylic acids is 1. The van der Waals surface area contributed by atoms with Gasteiger partial charge in [0.1, 0.15) is 6.61 Å². The van der Waals surface area contributed by atoms with Gasteiger partial charge in [-0.05, 0) is 30.5 Å². The minimum absolute atomic E-state index is 0.126. The number of alkyl carbamates (subject to hydrolysis) is 1. The van der Waals surface area contributed by atoms with Gasteiger partial charge in [0.25, 0.3) is 0 Å². The summed E-state index contributed by atoms with van der Waals surface area (Å²) in [6.45, 7) is 2.23. The first-order chi connectivity index (χ1) is 13.5. The first-order valence-electron chi connectivity index (χ1n) is 9.52. The Hall–Kier alpha value is -2.86. The van der Waals surface area contributed by atoms with Crippen LogP contribution in [0.5, 0.6) is 0 Å². The van der Waals surface area contributed by atoms with Gasteiger partial charge in [0.15, 0.2) is 0 Å². The SMILES string of the molecule is O=C(O)C[C@]1(NC(=O)OCc2ccccc2)CCCN(Cc2ccccc2)C1. The van der Waals surface area contributed by atoms with Crippen molar-refractivity contribution in [2.45, 2.75) is 38.0 Å². The number of carbonyl (C=O) groups is 2. The molecule has 1 aliphatic heterocycles. The van der Waals surface area contributed by atoms with E-state index in [-0.39, 0.29) is 13.0 Å². The fraction of sp³-hybridized carbons (Fsp3) is 0.364. The summed E-state index contributed by atoms with van der Waals surface area (Å²) < 4.78 is 5.33. The monoisotopic (exact) mass is 382 g/mol. The number of rotatable bonds is 7. The molecule has 0 aromatic heterocycles. The Morgan fingerprint density at radius 1 is 1.04 bits per heavy atom. The number of piperidine rings is 1. The van der Waals surface area contributed by atoms with Crippen LogP contribution in [0.1, 0.15) is 30.4 Å². The highest BCUT2D eigenvalue weighted by atomic mass is 16.5. The summed E-state index contributed by atoms with van der Waals surface area (Å²) in [5.41, 5.74) is 1.23. The molecule has 28 heavy (non-hydrogen) atoms. The van der Waals surface area contributed by atoms with Crippen molar-refractivity contribution in [3.05, 3.63) is 71.8 Å². The molecule has 1 fully saturated rings. The van der Waals surface area contributed by atoms with Crippen molar-refractivity contribution in [3.63, 3.8) is 0 Å². The third-order valence-electron chi connectivity index (χ3n) is 4.97. The van der Waals surface area contributed by atoms with E-state index in [9.17, 15) is 14.7 Å². The Balaban J connectivity index is 1.63. The predicted molar refractivity (Wildman–Crippen MR) is 106 cm³/mol. The second-order valence-electron chi connectivity index (χ2n) is 7.34. The molecular weight excluding hydrogens is 356 g/mol. The van der Waals surface area contributed by atoms with Crippen LogP contribution in [0.4, 0.5) is 4.79 Å². The van der Waals surface area contributed by atoms with Crippen molar-refractivity contribution in [1.29, 1.82) is 0 Å². The Bertz CT molecular complexity index is 782. The van der Waals surface area contributed by atoms with Gasteiger partial charge < -0.3 is 15.2 Å². The van der Waals surface area contributed by atoms with E-state index in [1.807, 2.05) is 48.5 Å². The van der Waals surface area contributed by atoms with Gasteiger partial charge in [-0.1, -0.05) is 60.7 Å². The zero-order valence-electron chi connectivity index (χ0n) is 15.8. The van der Waals surface area contributed by atoms with Crippen LogP contribution in [-0.2, 0) is 22.7 Å². The van der Waals surface area contributed by atoms with Crippen LogP contribution in [0.3, 0.4) is 0 Å². The summed E-state index contributed by atoms with van der Waals surface area (Å²) in [5.74, 6) is -0.926. The van der Waals surface area contributed by atoms with Crippen LogP contribution in [0.25, 0.3) is 0 Å². The summed E-state index contributed by atoms with van der Waals surface area (Å²) in [4.78, 5) is 26.1. The highest BCUT2D eigenvalue weighted by molar-refractivity contribution is 5.73. The predicted octanol–water partition coefficient (Wildman–Crippen LogP) is 3.42. The van der Waals surface area contributed by atoms with Crippen molar-refractivity contribution in [1.82, 2.24) is 10.2 Å². The van der Waals surface area contributed by atoms with Crippen molar-refractivity contribution >= 4 is 12.1 Å². The maximum atomic E-state index is 12.4. The number of nitrogens with one attached hydrogen (secondary N) is 1. The summed E-state index contributed by atoms with van der Waals surface area (Å²) in [7, 11) is 0. The lowest BCUT2D eigenvalue weighted by Gasteiger charge is -2.42. The quantitative estimate of drug-likeness (QED) is 0.767. The molecule has 6 nitrogen and oxygen atoms in total. The van der Waals surface area contributed by atoms with E-state index in [1.54, 1.807) is 0 Å². The average Bonchev–Trinajstić information content (AvgIpc) is 2.67. The number of likely N-dealkylation sites (tertiary alicyclic amines) is 1. The van der Waals surface area contributed by atoms with Crippen molar-refractivity contribution < 1.29 is 19.4 Å². The standard InChI is InChI=1S/C22H26N2O4/c25-20(26)14-22(23-21(27)28-16-19-10-5-2-6-11-19)12-7-13-24(17-22)15-18-8-3-1-4-9-18/h1-6,8-11H,7,12-17H2,(H,23,27)(H,25,26)/t22-/m1/s1. The number of benzene rings is 2. The third-order valence-corrected chi connectivity index (χ3v) is 4.97. The van der Waals surface area contributed by atoms with Gasteiger partial charge in [-0.25, -0.2) is 4.79 Å². The fourth-order valence-corrected chi connectivity index (χ4v) is 3.76. The number of nitrogens with zero attached hydrogens (tertiary/aromatic N) is 1. The Labute approximate surface area is 165 Å². The van der Waals surface area contributed by atoms with E-state index in [0.717, 1.165) is 25.1 Å². The lowest BCUT2D eigenvalue weighted by molar-refractivity contribution is -0.139. The topological polar surface area (TPSA) is 78.9 Å². The Kier molecular flexibility index (Phi) is 6.66. The normalized spacial score (nSPS) is 19.7. The number of carboxylic acids is 1. The molecule has 0 aliphatic carbocycles. The molecule has 1 aliphatic rings. The Morgan fingerprint density at radius 3 is 2.32 bits per heavy atom. The molecule has 0 radical (unpaired) electrons. The van der Waals surface area contributed by atoms with Crippen LogP contribution < -0.4 is 5.32 Å². The van der Waals surface area contributed by atoms with Gasteiger partial charge in [-0.2, -0.15) is 0 Å². The minimum Gasteiger partial charge on any atom is -0.481 e. The maximum Gasteiger partial charge on any atom is 0.407 e. The van der Waals surface area contributed by atoms with Crippen LogP contribution in [-0.4, -0.2) is 40.7 Å². The van der Waals surface area contributed by atoms with E-state index < -0.39 is 17.6 Å². The van der Waals surface area contributed by atoms with Crippen molar-refractivity contribution in [3.8, 4) is 0 Å². The maximum absolute atomic E-state index is 12.4. The molecule has 2 aromatic rings. The molecule has 1 atom stereocenters. The smallest absolute Gasteiger partial charge is 0.407 e. The molecule has 0 saturated carbocycles. The Morgan fingerprint density at radius 2 is 1.68 bits per heavy atom. The molecule has 2 N–H and O–H groups in total. The molecule has 1 saturated heterocycles. The average molecular weight is 382 g/mol. The van der Waals surface area contributed by atoms with Crippen molar-refractivity contribution in [2.75, 3.05) is 13.1 Å². The zero-order chi connectivity index (χ0) is 19.8. The van der Waals surface area contributed by atoms with Crippen molar-refractivity contribution in [2.24, 2.45) is 0 Å². The molecule has 6 heteroatoms. The molecule has 0 spiro atoms. The molecule has 1 heterocycles. The number of hydrogen-bond acceptors (Lipinski definition) is 4. The highest BCUT2D eigenvalue weighted by Gasteiger charge is 2.39. The number of ether oxygens (including phenoxy) is 1. The van der Waals surface area contributed by atoms with Gasteiger partial charge in [-0.3, -0.25) is 9.69 Å². The zero-order valence-corrected chi connectivity index (χ0v) is 15.8. The van der Waals surface area contributed by atoms with E-state index in [1.165, 1.54) is 5.56 Å². The molecule has 1 amide bonds. The number of hydrogen-bond donors (Lipinski definition) is 2. The summed E-state index contributed by atoms with van der Waals surface area (Å²) in [6, 6.07) is 19.5. The van der Waals surface area contributed by atoms with Gasteiger partial charge in [-0.15, -0.1) is 0 Å². The summed E-state index contributed by atoms with van der Waals surface area (Å²) in [5, 5.41) is 12.3. The van der Waals surface area contributed by atoms with Crippen LogP contribution in [0.2, 0.25) is 0 Å². The van der Waals surface area contributed by atoms with E-state index in [0.29, 0.717) is 13.0 Å². The summed E-state index contributed by atoms with van der Waals surface area (Å²) in [6.07, 6.45) is 0.731. The highest BCUT2D eigenvalue weighted by Crippen LogP contribution is 2.26. The van der Waals surface area contributed by atoms with Crippen LogP contribution in [0.15, 0.2) is 60.7 Å². The van der Waals surface area contributed by atoms with E-state index in [4.69, 9.17) is 4.74 Å². The molecule has 2 aromatic carbocycles. The van der Waals surface area contributed by atoms with Gasteiger partial charge in [0, 0.05) is 13.1 Å². The third kappa shape index (κ3) is 5.82. The van der Waals surface area contributed by atoms with E-state index in [2.05, 4.69) is 22.3 Å². The number of carboxylic acid groups (broad SMARTS) is 1. The van der Waals surface area contributed by atoms with Gasteiger partial charge in [0.05, 0.1) is 12.0 Å². The van der Waals surface area contributed by atoms with Gasteiger partial charge in [0.2, 0.25) is 0 Å². The first-order valence-corrected chi connectivity index (χ1v) is 9.52. The molecule has 0 unspecified atom stereocenters. The van der Waals surface area contributed by atoms with Crippen LogP contribution in [0, 0.1) is 0 Å². The summed E-state index contributed by atoms with van der Waals surface area (Å²) >= 11 is 0. The molecule has 3 rings (SSSR count). The lowest BCUT2D eigenvalue weighted by atomic mass is 9.85.